The molecule has 2 aliphatic heterocycles. The lowest BCUT2D eigenvalue weighted by atomic mass is 9.81. The van der Waals surface area contributed by atoms with Crippen LogP contribution in [0.15, 0.2) is 18.3 Å². The van der Waals surface area contributed by atoms with E-state index >= 15 is 0 Å². The van der Waals surface area contributed by atoms with Crippen molar-refractivity contribution < 1.29 is 9.53 Å². The van der Waals surface area contributed by atoms with Gasteiger partial charge in [0.1, 0.15) is 10.7 Å². The van der Waals surface area contributed by atoms with E-state index in [4.69, 9.17) is 9.72 Å². The second kappa shape index (κ2) is 6.76. The van der Waals surface area contributed by atoms with Crippen molar-refractivity contribution in [2.24, 2.45) is 0 Å². The molecule has 1 saturated carbocycles. The van der Waals surface area contributed by atoms with Crippen molar-refractivity contribution >= 4 is 33.9 Å². The summed E-state index contributed by atoms with van der Waals surface area (Å²) in [6.07, 6.45) is 8.27. The zero-order valence-electron chi connectivity index (χ0n) is 15.1. The number of rotatable bonds is 4. The third-order valence-corrected chi connectivity index (χ3v) is 6.61. The van der Waals surface area contributed by atoms with Gasteiger partial charge in [0.15, 0.2) is 5.13 Å². The quantitative estimate of drug-likeness (QED) is 0.748. The summed E-state index contributed by atoms with van der Waals surface area (Å²) in [5.41, 5.74) is 1.61. The molecule has 0 aromatic carbocycles. The van der Waals surface area contributed by atoms with Crippen LogP contribution in [0.2, 0.25) is 0 Å². The zero-order valence-corrected chi connectivity index (χ0v) is 15.9. The molecule has 27 heavy (non-hydrogen) atoms. The van der Waals surface area contributed by atoms with Crippen molar-refractivity contribution in [2.45, 2.75) is 50.1 Å². The number of anilines is 3. The first kappa shape index (κ1) is 16.9. The van der Waals surface area contributed by atoms with Gasteiger partial charge in [0, 0.05) is 24.6 Å². The van der Waals surface area contributed by atoms with Gasteiger partial charge >= 0.3 is 0 Å². The van der Waals surface area contributed by atoms with Crippen LogP contribution in [0.1, 0.15) is 53.9 Å². The van der Waals surface area contributed by atoms with Gasteiger partial charge in [-0.2, -0.15) is 0 Å². The molecule has 0 unspecified atom stereocenters. The van der Waals surface area contributed by atoms with Crippen LogP contribution in [0.4, 0.5) is 16.6 Å². The summed E-state index contributed by atoms with van der Waals surface area (Å²) in [6, 6.07) is 4.20. The molecule has 2 aromatic rings. The van der Waals surface area contributed by atoms with Gasteiger partial charge < -0.3 is 20.7 Å². The maximum Gasteiger partial charge on any atom is 0.264 e. The molecule has 3 N–H and O–H groups in total. The Balaban J connectivity index is 1.35. The van der Waals surface area contributed by atoms with Crippen molar-refractivity contribution in [1.82, 2.24) is 15.3 Å². The Morgan fingerprint density at radius 3 is 3.00 bits per heavy atom. The fourth-order valence-corrected chi connectivity index (χ4v) is 5.25. The first-order valence-corrected chi connectivity index (χ1v) is 10.4. The minimum Gasteiger partial charge on any atom is -0.379 e. The number of aromatic nitrogens is 2. The predicted molar refractivity (Wildman–Crippen MR) is 105 cm³/mol. The Kier molecular flexibility index (Phi) is 4.24. The van der Waals surface area contributed by atoms with Gasteiger partial charge in [0.25, 0.3) is 5.91 Å². The van der Waals surface area contributed by atoms with Crippen LogP contribution in [-0.4, -0.2) is 35.1 Å². The van der Waals surface area contributed by atoms with Gasteiger partial charge in [-0.25, -0.2) is 9.97 Å². The number of pyridine rings is 1. The number of nitrogens with zero attached hydrogens (tertiary/aromatic N) is 2. The second-order valence-corrected chi connectivity index (χ2v) is 8.55. The van der Waals surface area contributed by atoms with E-state index in [0.29, 0.717) is 6.04 Å². The molecular weight excluding hydrogens is 362 g/mol. The van der Waals surface area contributed by atoms with Crippen LogP contribution in [0.5, 0.6) is 0 Å². The number of nitrogens with one attached hydrogen (secondary N) is 3. The highest BCUT2D eigenvalue weighted by atomic mass is 32.1. The number of fused-ring (bicyclic) bond motifs is 2. The summed E-state index contributed by atoms with van der Waals surface area (Å²) in [7, 11) is 0. The van der Waals surface area contributed by atoms with E-state index in [1.54, 1.807) is 6.20 Å². The van der Waals surface area contributed by atoms with E-state index in [1.165, 1.54) is 17.8 Å². The monoisotopic (exact) mass is 385 g/mol. The lowest BCUT2D eigenvalue weighted by molar-refractivity contribution is 0.0910. The molecular formula is C19H23N5O2S. The van der Waals surface area contributed by atoms with Gasteiger partial charge in [0.2, 0.25) is 0 Å². The zero-order chi connectivity index (χ0) is 18.3. The van der Waals surface area contributed by atoms with Crippen molar-refractivity contribution in [2.75, 3.05) is 23.8 Å². The molecule has 1 aliphatic carbocycles. The number of amides is 1. The Bertz CT molecular complexity index is 856. The van der Waals surface area contributed by atoms with Crippen molar-refractivity contribution in [3.05, 3.63) is 28.9 Å². The lowest BCUT2D eigenvalue weighted by Crippen LogP contribution is -2.41. The van der Waals surface area contributed by atoms with Crippen molar-refractivity contribution in [1.29, 1.82) is 0 Å². The third-order valence-electron chi connectivity index (χ3n) is 5.64. The number of thiazole rings is 1. The maximum atomic E-state index is 12.5. The van der Waals surface area contributed by atoms with E-state index in [9.17, 15) is 4.79 Å². The molecule has 2 fully saturated rings. The van der Waals surface area contributed by atoms with Crippen molar-refractivity contribution in [3.8, 4) is 0 Å². The molecule has 142 valence electrons. The molecule has 8 heteroatoms. The second-order valence-electron chi connectivity index (χ2n) is 7.55. The summed E-state index contributed by atoms with van der Waals surface area (Å²) >= 11 is 1.44. The molecule has 4 heterocycles. The molecule has 1 saturated heterocycles. The van der Waals surface area contributed by atoms with Gasteiger partial charge in [-0.05, 0) is 25.3 Å². The summed E-state index contributed by atoms with van der Waals surface area (Å²) in [4.78, 5) is 22.4. The summed E-state index contributed by atoms with van der Waals surface area (Å²) in [5.74, 6) is 0.844. The standard InChI is InChI=1S/C19H23N5O2S/c25-17-15-16(19(24-17)6-2-1-3-7-19)23-18(27-15)22-12-4-8-20-14(10-12)21-13-5-9-26-11-13/h4,8,10,13H,1-3,5-7,9,11H2,(H,24,25)(H2,20,21,22,23)/t13-/m0/s1. The number of ether oxygens (including phenoxy) is 1. The Hall–Kier alpha value is -2.19. The number of carbonyl (C=O) groups is 1. The van der Waals surface area contributed by atoms with Gasteiger partial charge in [-0.15, -0.1) is 0 Å². The summed E-state index contributed by atoms with van der Waals surface area (Å²) in [6.45, 7) is 1.51. The minimum atomic E-state index is -0.242. The largest absolute Gasteiger partial charge is 0.379 e. The number of carbonyl (C=O) groups excluding carboxylic acids is 1. The normalized spacial score (nSPS) is 23.3. The SMILES string of the molecule is O=C1NC2(CCCCC2)c2nc(Nc3ccnc(N[C@H]4CCOC4)c3)sc21. The molecule has 5 rings (SSSR count). The highest BCUT2D eigenvalue weighted by molar-refractivity contribution is 7.17. The van der Waals surface area contributed by atoms with Crippen molar-refractivity contribution in [3.63, 3.8) is 0 Å². The van der Waals surface area contributed by atoms with Crippen LogP contribution in [-0.2, 0) is 10.3 Å². The fraction of sp³-hybridized carbons (Fsp3) is 0.526. The molecule has 3 aliphatic rings. The molecule has 0 bridgehead atoms. The fourth-order valence-electron chi connectivity index (χ4n) is 4.27. The van der Waals surface area contributed by atoms with Gasteiger partial charge in [-0.3, -0.25) is 4.79 Å². The van der Waals surface area contributed by atoms with Gasteiger partial charge in [0.05, 0.1) is 23.9 Å². The first-order chi connectivity index (χ1) is 13.2. The molecule has 1 atom stereocenters. The topological polar surface area (TPSA) is 88.2 Å². The van der Waals surface area contributed by atoms with E-state index < -0.39 is 0 Å². The Labute approximate surface area is 161 Å². The number of hydrogen-bond acceptors (Lipinski definition) is 7. The van der Waals surface area contributed by atoms with Crippen LogP contribution >= 0.6 is 11.3 Å². The summed E-state index contributed by atoms with van der Waals surface area (Å²) < 4.78 is 5.40. The van der Waals surface area contributed by atoms with E-state index in [2.05, 4.69) is 20.9 Å². The van der Waals surface area contributed by atoms with E-state index in [1.807, 2.05) is 12.1 Å². The average molecular weight is 385 g/mol. The maximum absolute atomic E-state index is 12.5. The highest BCUT2D eigenvalue weighted by Crippen LogP contribution is 2.45. The lowest BCUT2D eigenvalue weighted by Gasteiger charge is -2.32. The van der Waals surface area contributed by atoms with Crippen LogP contribution in [0, 0.1) is 0 Å². The van der Waals surface area contributed by atoms with Crippen LogP contribution in [0.3, 0.4) is 0 Å². The Morgan fingerprint density at radius 1 is 1.30 bits per heavy atom. The molecule has 1 spiro atoms. The molecule has 2 aromatic heterocycles. The third kappa shape index (κ3) is 3.17. The highest BCUT2D eigenvalue weighted by Gasteiger charge is 2.46. The first-order valence-electron chi connectivity index (χ1n) is 9.63. The average Bonchev–Trinajstić information content (AvgIpc) is 3.37. The number of hydrogen-bond donors (Lipinski definition) is 3. The predicted octanol–water partition coefficient (Wildman–Crippen LogP) is 3.39. The Morgan fingerprint density at radius 2 is 2.19 bits per heavy atom. The molecule has 0 radical (unpaired) electrons. The van der Waals surface area contributed by atoms with Crippen LogP contribution < -0.4 is 16.0 Å². The molecule has 7 nitrogen and oxygen atoms in total. The smallest absolute Gasteiger partial charge is 0.264 e. The van der Waals surface area contributed by atoms with E-state index in [-0.39, 0.29) is 11.4 Å². The minimum absolute atomic E-state index is 0.0239. The van der Waals surface area contributed by atoms with E-state index in [0.717, 1.165) is 72.5 Å². The molecule has 1 amide bonds. The summed E-state index contributed by atoms with van der Waals surface area (Å²) in [5, 5.41) is 10.7. The van der Waals surface area contributed by atoms with Crippen LogP contribution in [0.25, 0.3) is 0 Å². The van der Waals surface area contributed by atoms with Gasteiger partial charge in [-0.1, -0.05) is 30.6 Å².